The summed E-state index contributed by atoms with van der Waals surface area (Å²) in [6.07, 6.45) is 2.49. The van der Waals surface area contributed by atoms with E-state index < -0.39 is 20.2 Å². The Balaban J connectivity index is 2.61. The van der Waals surface area contributed by atoms with E-state index in [1.54, 1.807) is 0 Å². The van der Waals surface area contributed by atoms with Gasteiger partial charge in [-0.25, -0.2) is 8.42 Å². The molecule has 0 aliphatic carbocycles. The molecule has 0 spiro atoms. The summed E-state index contributed by atoms with van der Waals surface area (Å²) in [5, 5.41) is 8.60. The first kappa shape index (κ1) is 17.3. The van der Waals surface area contributed by atoms with Gasteiger partial charge in [-0.3, -0.25) is 0 Å². The predicted octanol–water partition coefficient (Wildman–Crippen LogP) is 3.23. The molecule has 0 aliphatic rings. The van der Waals surface area contributed by atoms with E-state index in [2.05, 4.69) is 0 Å². The van der Waals surface area contributed by atoms with E-state index in [9.17, 15) is 21.6 Å². The van der Waals surface area contributed by atoms with Crippen molar-refractivity contribution in [3.63, 3.8) is 0 Å². The van der Waals surface area contributed by atoms with Crippen LogP contribution in [-0.4, -0.2) is 31.4 Å². The lowest BCUT2D eigenvalue weighted by molar-refractivity contribution is -0.0436. The fourth-order valence-corrected chi connectivity index (χ4v) is 3.10. The van der Waals surface area contributed by atoms with E-state index in [1.807, 2.05) is 0 Å². The number of hydrogen-bond donors (Lipinski definition) is 1. The Kier molecular flexibility index (Phi) is 6.35. The van der Waals surface area contributed by atoms with E-state index >= 15 is 0 Å². The van der Waals surface area contributed by atoms with Crippen molar-refractivity contribution in [3.8, 4) is 0 Å². The fraction of sp³-hybridized carbons (Fsp3) is 0.500. The van der Waals surface area contributed by atoms with Gasteiger partial charge in [0.2, 0.25) is 0 Å². The third kappa shape index (κ3) is 4.68. The summed E-state index contributed by atoms with van der Waals surface area (Å²) in [6.45, 7) is 0.147. The van der Waals surface area contributed by atoms with Crippen molar-refractivity contribution in [1.82, 2.24) is 0 Å². The Hall–Kier alpha value is -0.730. The molecule has 3 nitrogen and oxygen atoms in total. The highest BCUT2D eigenvalue weighted by atomic mass is 32.2. The normalized spacial score (nSPS) is 12.6. The SMILES string of the molecule is O=S(=O)(c1ccc(SCCCCCO)cc1)C(F)(F)F. The molecule has 0 heterocycles. The Morgan fingerprint density at radius 2 is 1.65 bits per heavy atom. The molecule has 0 radical (unpaired) electrons. The fourth-order valence-electron chi connectivity index (χ4n) is 1.43. The van der Waals surface area contributed by atoms with E-state index in [-0.39, 0.29) is 6.61 Å². The summed E-state index contributed by atoms with van der Waals surface area (Å²) in [5.74, 6) is 0.769. The monoisotopic (exact) mass is 328 g/mol. The lowest BCUT2D eigenvalue weighted by atomic mass is 10.3. The zero-order valence-corrected chi connectivity index (χ0v) is 12.2. The van der Waals surface area contributed by atoms with Crippen molar-refractivity contribution in [2.24, 2.45) is 0 Å². The van der Waals surface area contributed by atoms with Gasteiger partial charge < -0.3 is 5.11 Å². The van der Waals surface area contributed by atoms with Crippen LogP contribution in [0.4, 0.5) is 13.2 Å². The molecule has 0 amide bonds. The molecule has 114 valence electrons. The molecule has 1 rings (SSSR count). The second kappa shape index (κ2) is 7.33. The van der Waals surface area contributed by atoms with Gasteiger partial charge in [0.25, 0.3) is 9.84 Å². The number of alkyl halides is 3. The first-order chi connectivity index (χ1) is 9.29. The van der Waals surface area contributed by atoms with Gasteiger partial charge in [0.1, 0.15) is 0 Å². The van der Waals surface area contributed by atoms with Crippen LogP contribution in [0.3, 0.4) is 0 Å². The van der Waals surface area contributed by atoms with E-state index in [0.29, 0.717) is 0 Å². The summed E-state index contributed by atoms with van der Waals surface area (Å²) in [7, 11) is -5.26. The predicted molar refractivity (Wildman–Crippen MR) is 71.3 cm³/mol. The van der Waals surface area contributed by atoms with E-state index in [0.717, 1.165) is 42.0 Å². The average molecular weight is 328 g/mol. The molecule has 0 unspecified atom stereocenters. The highest BCUT2D eigenvalue weighted by Crippen LogP contribution is 2.31. The summed E-state index contributed by atoms with van der Waals surface area (Å²) in [4.78, 5) is -0.0234. The van der Waals surface area contributed by atoms with Crippen molar-refractivity contribution in [3.05, 3.63) is 24.3 Å². The van der Waals surface area contributed by atoms with E-state index in [4.69, 9.17) is 5.11 Å². The number of aliphatic hydroxyl groups excluding tert-OH is 1. The highest BCUT2D eigenvalue weighted by molar-refractivity contribution is 7.99. The largest absolute Gasteiger partial charge is 0.501 e. The number of hydrogen-bond acceptors (Lipinski definition) is 4. The van der Waals surface area contributed by atoms with Crippen LogP contribution in [0.25, 0.3) is 0 Å². The first-order valence-electron chi connectivity index (χ1n) is 5.94. The van der Waals surface area contributed by atoms with Crippen LogP contribution in [0.2, 0.25) is 0 Å². The van der Waals surface area contributed by atoms with Crippen molar-refractivity contribution >= 4 is 21.6 Å². The maximum absolute atomic E-state index is 12.3. The molecule has 0 bridgehead atoms. The standard InChI is InChI=1S/C12H15F3O3S2/c13-12(14,15)20(17,18)11-6-4-10(5-7-11)19-9-3-1-2-8-16/h4-7,16H,1-3,8-9H2. The van der Waals surface area contributed by atoms with Crippen LogP contribution in [-0.2, 0) is 9.84 Å². The highest BCUT2D eigenvalue weighted by Gasteiger charge is 2.46. The van der Waals surface area contributed by atoms with Crippen molar-refractivity contribution < 1.29 is 26.7 Å². The molecule has 0 aliphatic heterocycles. The Morgan fingerprint density at radius 3 is 2.15 bits per heavy atom. The molecule has 0 saturated carbocycles. The lowest BCUT2D eigenvalue weighted by Gasteiger charge is -2.08. The number of aliphatic hydroxyl groups is 1. The topological polar surface area (TPSA) is 54.4 Å². The Labute approximate surface area is 120 Å². The van der Waals surface area contributed by atoms with Gasteiger partial charge in [-0.2, -0.15) is 13.2 Å². The molecular formula is C12H15F3O3S2. The molecular weight excluding hydrogens is 313 g/mol. The first-order valence-corrected chi connectivity index (χ1v) is 8.41. The molecule has 1 aromatic carbocycles. The summed E-state index contributed by atoms with van der Waals surface area (Å²) in [6, 6.07) is 4.68. The quantitative estimate of drug-likeness (QED) is 0.617. The smallest absolute Gasteiger partial charge is 0.396 e. The minimum atomic E-state index is -5.27. The molecule has 0 aromatic heterocycles. The number of rotatable bonds is 7. The minimum absolute atomic E-state index is 0.147. The van der Waals surface area contributed by atoms with Crippen molar-refractivity contribution in [2.75, 3.05) is 12.4 Å². The van der Waals surface area contributed by atoms with Crippen LogP contribution >= 0.6 is 11.8 Å². The van der Waals surface area contributed by atoms with Gasteiger partial charge in [-0.05, 0) is 42.9 Å². The second-order valence-corrected chi connectivity index (χ2v) is 7.16. The van der Waals surface area contributed by atoms with Gasteiger partial charge in [-0.15, -0.1) is 11.8 Å². The van der Waals surface area contributed by atoms with Gasteiger partial charge in [-0.1, -0.05) is 6.42 Å². The van der Waals surface area contributed by atoms with Gasteiger partial charge >= 0.3 is 5.51 Å². The Morgan fingerprint density at radius 1 is 1.05 bits per heavy atom. The molecule has 0 fully saturated rings. The van der Waals surface area contributed by atoms with Crippen LogP contribution in [0.5, 0.6) is 0 Å². The zero-order chi connectivity index (χ0) is 15.2. The maximum Gasteiger partial charge on any atom is 0.501 e. The zero-order valence-electron chi connectivity index (χ0n) is 10.6. The molecule has 8 heteroatoms. The number of unbranched alkanes of at least 4 members (excludes halogenated alkanes) is 2. The summed E-state index contributed by atoms with van der Waals surface area (Å²) >= 11 is 1.44. The van der Waals surface area contributed by atoms with Crippen LogP contribution in [0.1, 0.15) is 19.3 Å². The number of benzene rings is 1. The molecule has 0 saturated heterocycles. The number of sulfone groups is 1. The minimum Gasteiger partial charge on any atom is -0.396 e. The van der Waals surface area contributed by atoms with Gasteiger partial charge in [0.05, 0.1) is 4.90 Å². The van der Waals surface area contributed by atoms with Crippen LogP contribution < -0.4 is 0 Å². The third-order valence-corrected chi connectivity index (χ3v) is 5.11. The molecule has 1 aromatic rings. The summed E-state index contributed by atoms with van der Waals surface area (Å²) in [5.41, 5.74) is -5.27. The van der Waals surface area contributed by atoms with E-state index in [1.165, 1.54) is 23.9 Å². The van der Waals surface area contributed by atoms with Crippen LogP contribution in [0, 0.1) is 0 Å². The Bertz CT molecular complexity index is 510. The molecule has 1 N–H and O–H groups in total. The van der Waals surface area contributed by atoms with Crippen molar-refractivity contribution in [2.45, 2.75) is 34.6 Å². The molecule has 20 heavy (non-hydrogen) atoms. The second-order valence-electron chi connectivity index (χ2n) is 4.05. The third-order valence-electron chi connectivity index (χ3n) is 2.51. The van der Waals surface area contributed by atoms with Gasteiger partial charge in [0.15, 0.2) is 0 Å². The maximum atomic E-state index is 12.3. The molecule has 0 atom stereocenters. The van der Waals surface area contributed by atoms with Crippen molar-refractivity contribution in [1.29, 1.82) is 0 Å². The number of halogens is 3. The number of thioether (sulfide) groups is 1. The van der Waals surface area contributed by atoms with Gasteiger partial charge in [0, 0.05) is 11.5 Å². The lowest BCUT2D eigenvalue weighted by Crippen LogP contribution is -2.23. The summed E-state index contributed by atoms with van der Waals surface area (Å²) < 4.78 is 59.3. The average Bonchev–Trinajstić information content (AvgIpc) is 2.38. The van der Waals surface area contributed by atoms with Crippen LogP contribution in [0.15, 0.2) is 34.1 Å².